The van der Waals surface area contributed by atoms with Gasteiger partial charge in [0.15, 0.2) is 0 Å². The van der Waals surface area contributed by atoms with Crippen LogP contribution in [0.25, 0.3) is 10.9 Å². The van der Waals surface area contributed by atoms with Crippen molar-refractivity contribution in [2.75, 3.05) is 26.8 Å². The summed E-state index contributed by atoms with van der Waals surface area (Å²) in [7, 11) is 1.58. The van der Waals surface area contributed by atoms with E-state index in [1.807, 2.05) is 31.3 Å². The number of benzene rings is 1. The second-order valence-corrected chi connectivity index (χ2v) is 6.80. The van der Waals surface area contributed by atoms with Gasteiger partial charge in [-0.1, -0.05) is 18.2 Å². The molecule has 0 fully saturated rings. The van der Waals surface area contributed by atoms with Crippen LogP contribution in [0.1, 0.15) is 34.2 Å². The number of nitrogens with zero attached hydrogens (tertiary/aromatic N) is 1. The zero-order valence-electron chi connectivity index (χ0n) is 16.6. The first kappa shape index (κ1) is 19.9. The average molecular weight is 382 g/mol. The zero-order valence-corrected chi connectivity index (χ0v) is 16.6. The van der Waals surface area contributed by atoms with Crippen molar-refractivity contribution in [1.29, 1.82) is 0 Å². The summed E-state index contributed by atoms with van der Waals surface area (Å²) in [6.07, 6.45) is 3.32. The van der Waals surface area contributed by atoms with E-state index in [1.165, 1.54) is 10.9 Å². The molecule has 0 atom stereocenters. The molecular weight excluding hydrogens is 356 g/mol. The molecule has 0 saturated carbocycles. The zero-order chi connectivity index (χ0) is 20.1. The number of rotatable bonds is 8. The van der Waals surface area contributed by atoms with Crippen molar-refractivity contribution in [3.63, 3.8) is 0 Å². The molecule has 148 valence electrons. The lowest BCUT2D eigenvalue weighted by atomic mass is 10.0. The van der Waals surface area contributed by atoms with Gasteiger partial charge >= 0.3 is 5.63 Å². The van der Waals surface area contributed by atoms with Gasteiger partial charge in [0, 0.05) is 43.7 Å². The fourth-order valence-electron chi connectivity index (χ4n) is 3.41. The van der Waals surface area contributed by atoms with Crippen LogP contribution in [0.4, 0.5) is 0 Å². The van der Waals surface area contributed by atoms with Crippen LogP contribution in [0.2, 0.25) is 0 Å². The molecule has 1 amide bonds. The van der Waals surface area contributed by atoms with Crippen molar-refractivity contribution in [3.8, 4) is 0 Å². The van der Waals surface area contributed by atoms with Crippen LogP contribution in [0.3, 0.4) is 0 Å². The quantitative estimate of drug-likeness (QED) is 0.648. The number of hydrogen-bond acceptors (Lipinski definition) is 4. The molecule has 3 aromatic rings. The van der Waals surface area contributed by atoms with E-state index < -0.39 is 5.63 Å². The van der Waals surface area contributed by atoms with E-state index in [1.54, 1.807) is 25.0 Å². The molecule has 3 rings (SSSR count). The minimum absolute atomic E-state index is 0.105. The number of likely N-dealkylation sites (N-methyl/N-ethyl adjacent to an activating group) is 1. The third kappa shape index (κ3) is 4.17. The van der Waals surface area contributed by atoms with Gasteiger partial charge in [0.25, 0.3) is 5.91 Å². The van der Waals surface area contributed by atoms with Crippen molar-refractivity contribution in [3.05, 3.63) is 69.4 Å². The largest absolute Gasteiger partial charge is 0.427 e. The Labute approximate surface area is 164 Å². The van der Waals surface area contributed by atoms with E-state index in [0.29, 0.717) is 37.4 Å². The number of aromatic amines is 1. The molecule has 6 nitrogen and oxygen atoms in total. The predicted molar refractivity (Wildman–Crippen MR) is 109 cm³/mol. The molecule has 0 aliphatic carbocycles. The molecule has 0 saturated heterocycles. The number of amides is 1. The highest BCUT2D eigenvalue weighted by Gasteiger charge is 2.21. The van der Waals surface area contributed by atoms with Crippen molar-refractivity contribution in [2.24, 2.45) is 0 Å². The molecule has 0 bridgehead atoms. The molecule has 6 heteroatoms. The van der Waals surface area contributed by atoms with Gasteiger partial charge in [-0.25, -0.2) is 4.79 Å². The molecule has 1 aromatic carbocycles. The van der Waals surface area contributed by atoms with Crippen LogP contribution in [-0.2, 0) is 17.6 Å². The van der Waals surface area contributed by atoms with Crippen LogP contribution in [0, 0.1) is 6.92 Å². The van der Waals surface area contributed by atoms with Crippen molar-refractivity contribution < 1.29 is 13.9 Å². The van der Waals surface area contributed by atoms with E-state index in [2.05, 4.69) is 11.1 Å². The molecular formula is C22H26N2O4. The van der Waals surface area contributed by atoms with Crippen LogP contribution in [0.15, 0.2) is 45.7 Å². The topological polar surface area (TPSA) is 75.5 Å². The highest BCUT2D eigenvalue weighted by Crippen LogP contribution is 2.20. The van der Waals surface area contributed by atoms with Crippen molar-refractivity contribution in [1.82, 2.24) is 9.88 Å². The van der Waals surface area contributed by atoms with Crippen LogP contribution < -0.4 is 5.63 Å². The van der Waals surface area contributed by atoms with Gasteiger partial charge in [0.2, 0.25) is 0 Å². The summed E-state index contributed by atoms with van der Waals surface area (Å²) in [5, 5.41) is 1.17. The fraction of sp³-hybridized carbons (Fsp3) is 0.364. The number of nitrogens with one attached hydrogen (secondary N) is 1. The highest BCUT2D eigenvalue weighted by atomic mass is 16.5. The smallest absolute Gasteiger partial charge is 0.349 e. The Morgan fingerprint density at radius 3 is 2.75 bits per heavy atom. The predicted octanol–water partition coefficient (Wildman–Crippen LogP) is 3.32. The molecule has 1 N–H and O–H groups in total. The standard InChI is InChI=1S/C22H26N2O4/c1-4-24(11-12-27-3)21(25)20-15(2)13-17(28-22(20)26)10-9-16-14-23-19-8-6-5-7-18(16)19/h5-8,13-14,23H,4,9-12H2,1-3H3. The number of carbonyl (C=O) groups excluding carboxylic acids is 1. The maximum absolute atomic E-state index is 12.7. The Balaban J connectivity index is 1.78. The molecule has 0 spiro atoms. The van der Waals surface area contributed by atoms with Gasteiger partial charge in [0.05, 0.1) is 6.61 Å². The number of hydrogen-bond donors (Lipinski definition) is 1. The van der Waals surface area contributed by atoms with Crippen molar-refractivity contribution >= 4 is 16.8 Å². The van der Waals surface area contributed by atoms with Gasteiger partial charge in [-0.2, -0.15) is 0 Å². The lowest BCUT2D eigenvalue weighted by molar-refractivity contribution is 0.0700. The van der Waals surface area contributed by atoms with Gasteiger partial charge in [-0.05, 0) is 43.5 Å². The SMILES string of the molecule is CCN(CCOC)C(=O)c1c(C)cc(CCc2c[nH]c3ccccc23)oc1=O. The lowest BCUT2D eigenvalue weighted by Crippen LogP contribution is -2.37. The summed E-state index contributed by atoms with van der Waals surface area (Å²) in [6.45, 7) is 5.02. The Morgan fingerprint density at radius 2 is 2.04 bits per heavy atom. The maximum Gasteiger partial charge on any atom is 0.349 e. The third-order valence-electron chi connectivity index (χ3n) is 4.96. The number of para-hydroxylation sites is 1. The minimum Gasteiger partial charge on any atom is -0.427 e. The molecule has 0 aliphatic rings. The van der Waals surface area contributed by atoms with Crippen LogP contribution >= 0.6 is 0 Å². The van der Waals surface area contributed by atoms with Crippen molar-refractivity contribution in [2.45, 2.75) is 26.7 Å². The lowest BCUT2D eigenvalue weighted by Gasteiger charge is -2.20. The van der Waals surface area contributed by atoms with E-state index in [-0.39, 0.29) is 11.5 Å². The van der Waals surface area contributed by atoms with Gasteiger partial charge in [0.1, 0.15) is 11.3 Å². The van der Waals surface area contributed by atoms with E-state index in [0.717, 1.165) is 11.9 Å². The number of carbonyl (C=O) groups is 1. The van der Waals surface area contributed by atoms with E-state index in [9.17, 15) is 9.59 Å². The summed E-state index contributed by atoms with van der Waals surface area (Å²) in [4.78, 5) is 30.1. The van der Waals surface area contributed by atoms with E-state index >= 15 is 0 Å². The number of aromatic nitrogens is 1. The number of fused-ring (bicyclic) bond motifs is 1. The molecule has 2 heterocycles. The molecule has 0 radical (unpaired) electrons. The number of methoxy groups -OCH3 is 1. The first-order chi connectivity index (χ1) is 13.5. The summed E-state index contributed by atoms with van der Waals surface area (Å²) in [5.74, 6) is 0.276. The summed E-state index contributed by atoms with van der Waals surface area (Å²) < 4.78 is 10.5. The van der Waals surface area contributed by atoms with Crippen LogP contribution in [0.5, 0.6) is 0 Å². The summed E-state index contributed by atoms with van der Waals surface area (Å²) >= 11 is 0. The monoisotopic (exact) mass is 382 g/mol. The Bertz CT molecular complexity index is 1020. The summed E-state index contributed by atoms with van der Waals surface area (Å²) in [5.41, 5.74) is 2.44. The third-order valence-corrected chi connectivity index (χ3v) is 4.96. The molecule has 28 heavy (non-hydrogen) atoms. The fourth-order valence-corrected chi connectivity index (χ4v) is 3.41. The van der Waals surface area contributed by atoms with Gasteiger partial charge < -0.3 is 19.0 Å². The molecule has 0 unspecified atom stereocenters. The Hall–Kier alpha value is -2.86. The number of aryl methyl sites for hydroxylation is 3. The molecule has 0 aliphatic heterocycles. The van der Waals surface area contributed by atoms with Gasteiger partial charge in [-0.3, -0.25) is 4.79 Å². The Kier molecular flexibility index (Phi) is 6.31. The van der Waals surface area contributed by atoms with Crippen LogP contribution in [-0.4, -0.2) is 42.6 Å². The van der Waals surface area contributed by atoms with Gasteiger partial charge in [-0.15, -0.1) is 0 Å². The number of H-pyrrole nitrogens is 1. The number of ether oxygens (including phenoxy) is 1. The molecule has 2 aromatic heterocycles. The maximum atomic E-state index is 12.7. The minimum atomic E-state index is -0.574. The first-order valence-electron chi connectivity index (χ1n) is 9.52. The van der Waals surface area contributed by atoms with E-state index in [4.69, 9.17) is 9.15 Å². The second-order valence-electron chi connectivity index (χ2n) is 6.80. The average Bonchev–Trinajstić information content (AvgIpc) is 3.09. The summed E-state index contributed by atoms with van der Waals surface area (Å²) in [6, 6.07) is 9.91. The highest BCUT2D eigenvalue weighted by molar-refractivity contribution is 5.95. The first-order valence-corrected chi connectivity index (χ1v) is 9.52. The Morgan fingerprint density at radius 1 is 1.25 bits per heavy atom. The normalized spacial score (nSPS) is 11.1. The second kappa shape index (κ2) is 8.89.